The number of nitrogens with two attached hydrogens (primary N) is 1. The second kappa shape index (κ2) is 10.9. The molecule has 0 aliphatic rings. The van der Waals surface area contributed by atoms with Crippen molar-refractivity contribution in [1.29, 1.82) is 0 Å². The lowest BCUT2D eigenvalue weighted by Gasteiger charge is -2.09. The van der Waals surface area contributed by atoms with E-state index in [1.807, 2.05) is 55.5 Å². The lowest BCUT2D eigenvalue weighted by molar-refractivity contribution is -0.118. The fourth-order valence-electron chi connectivity index (χ4n) is 3.00. The number of anilines is 1. The maximum atomic E-state index is 12.0. The number of aryl methyl sites for hydroxylation is 1. The highest BCUT2D eigenvalue weighted by atomic mass is 32.2. The molecule has 8 heteroatoms. The van der Waals surface area contributed by atoms with Crippen LogP contribution in [0.25, 0.3) is 0 Å². The van der Waals surface area contributed by atoms with Gasteiger partial charge in [0, 0.05) is 12.2 Å². The Morgan fingerprint density at radius 2 is 1.53 bits per heavy atom. The number of primary sulfonamides is 1. The van der Waals surface area contributed by atoms with E-state index in [0.717, 1.165) is 35.3 Å². The summed E-state index contributed by atoms with van der Waals surface area (Å²) in [6.07, 6.45) is 0.766. The Hall–Kier alpha value is -3.20. The molecule has 0 bridgehead atoms. The standard InChI is InChI=1S/C24H27N3O4S/c1-18-2-8-21(9-3-18)27-24(28)17-31-22-10-4-20(5-11-22)16-26-15-14-19-6-12-23(13-7-19)32(25,29)30/h2-13,26H,14-17H2,1H3,(H,27,28)(H2,25,29,30). The maximum Gasteiger partial charge on any atom is 0.262 e. The third kappa shape index (κ3) is 7.49. The van der Waals surface area contributed by atoms with Crippen LogP contribution in [0.2, 0.25) is 0 Å². The van der Waals surface area contributed by atoms with Crippen molar-refractivity contribution in [2.75, 3.05) is 18.5 Å². The van der Waals surface area contributed by atoms with Gasteiger partial charge in [-0.1, -0.05) is 42.0 Å². The van der Waals surface area contributed by atoms with E-state index >= 15 is 0 Å². The number of nitrogens with one attached hydrogen (secondary N) is 2. The van der Waals surface area contributed by atoms with Gasteiger partial charge in [0.2, 0.25) is 10.0 Å². The van der Waals surface area contributed by atoms with Crippen LogP contribution in [0.15, 0.2) is 77.7 Å². The Bertz CT molecular complexity index is 1130. The van der Waals surface area contributed by atoms with Crippen molar-refractivity contribution < 1.29 is 17.9 Å². The van der Waals surface area contributed by atoms with Crippen LogP contribution >= 0.6 is 0 Å². The normalized spacial score (nSPS) is 11.2. The summed E-state index contributed by atoms with van der Waals surface area (Å²) in [5.74, 6) is 0.416. The molecule has 0 spiro atoms. The average molecular weight is 454 g/mol. The summed E-state index contributed by atoms with van der Waals surface area (Å²) in [5, 5.41) is 11.3. The smallest absolute Gasteiger partial charge is 0.262 e. The number of hydrogen-bond acceptors (Lipinski definition) is 5. The van der Waals surface area contributed by atoms with Crippen LogP contribution in [0.3, 0.4) is 0 Å². The highest BCUT2D eigenvalue weighted by Gasteiger charge is 2.07. The fraction of sp³-hybridized carbons (Fsp3) is 0.208. The molecule has 1 amide bonds. The number of carbonyl (C=O) groups excluding carboxylic acids is 1. The topological polar surface area (TPSA) is 111 Å². The largest absolute Gasteiger partial charge is 0.484 e. The third-order valence-electron chi connectivity index (χ3n) is 4.80. The van der Waals surface area contributed by atoms with Crippen LogP contribution in [-0.4, -0.2) is 27.5 Å². The molecular weight excluding hydrogens is 426 g/mol. The molecule has 0 atom stereocenters. The number of amides is 1. The first kappa shape index (κ1) is 23.5. The molecule has 3 aromatic carbocycles. The van der Waals surface area contributed by atoms with E-state index in [-0.39, 0.29) is 17.4 Å². The molecule has 0 aromatic heterocycles. The van der Waals surface area contributed by atoms with Gasteiger partial charge in [-0.15, -0.1) is 0 Å². The number of sulfonamides is 1. The van der Waals surface area contributed by atoms with Crippen molar-refractivity contribution in [1.82, 2.24) is 5.32 Å². The zero-order valence-electron chi connectivity index (χ0n) is 17.9. The van der Waals surface area contributed by atoms with Crippen molar-refractivity contribution in [3.8, 4) is 5.75 Å². The average Bonchev–Trinajstić information content (AvgIpc) is 2.77. The van der Waals surface area contributed by atoms with Gasteiger partial charge < -0.3 is 15.4 Å². The van der Waals surface area contributed by atoms with E-state index in [1.165, 1.54) is 12.1 Å². The van der Waals surface area contributed by atoms with Gasteiger partial charge >= 0.3 is 0 Å². The van der Waals surface area contributed by atoms with Gasteiger partial charge in [0.1, 0.15) is 5.75 Å². The summed E-state index contributed by atoms with van der Waals surface area (Å²) in [6, 6.07) is 21.7. The summed E-state index contributed by atoms with van der Waals surface area (Å²) in [6.45, 7) is 3.36. The third-order valence-corrected chi connectivity index (χ3v) is 5.73. The minimum absolute atomic E-state index is 0.0598. The predicted octanol–water partition coefficient (Wildman–Crippen LogP) is 2.99. The van der Waals surface area contributed by atoms with Crippen LogP contribution < -0.4 is 20.5 Å². The summed E-state index contributed by atoms with van der Waals surface area (Å²) >= 11 is 0. The van der Waals surface area contributed by atoms with Crippen molar-refractivity contribution >= 4 is 21.6 Å². The van der Waals surface area contributed by atoms with Crippen LogP contribution in [-0.2, 0) is 27.8 Å². The zero-order valence-corrected chi connectivity index (χ0v) is 18.7. The Balaban J connectivity index is 1.37. The Morgan fingerprint density at radius 3 is 2.16 bits per heavy atom. The van der Waals surface area contributed by atoms with E-state index in [0.29, 0.717) is 12.3 Å². The Labute approximate surface area is 188 Å². The molecule has 0 radical (unpaired) electrons. The van der Waals surface area contributed by atoms with Gasteiger partial charge in [-0.05, 0) is 67.4 Å². The molecule has 0 saturated carbocycles. The van der Waals surface area contributed by atoms with Crippen LogP contribution in [0.1, 0.15) is 16.7 Å². The highest BCUT2D eigenvalue weighted by molar-refractivity contribution is 7.89. The Kier molecular flexibility index (Phi) is 7.99. The molecule has 7 nitrogen and oxygen atoms in total. The first-order valence-electron chi connectivity index (χ1n) is 10.2. The van der Waals surface area contributed by atoms with Gasteiger partial charge in [0.25, 0.3) is 5.91 Å². The molecule has 3 aromatic rings. The number of ether oxygens (including phenoxy) is 1. The van der Waals surface area contributed by atoms with E-state index in [1.54, 1.807) is 12.1 Å². The SMILES string of the molecule is Cc1ccc(NC(=O)COc2ccc(CNCCc3ccc(S(N)(=O)=O)cc3)cc2)cc1. The number of rotatable bonds is 10. The zero-order chi connectivity index (χ0) is 23.0. The van der Waals surface area contributed by atoms with Gasteiger partial charge in [-0.3, -0.25) is 4.79 Å². The highest BCUT2D eigenvalue weighted by Crippen LogP contribution is 2.13. The minimum atomic E-state index is -3.66. The molecule has 3 rings (SSSR count). The van der Waals surface area contributed by atoms with E-state index in [2.05, 4.69) is 10.6 Å². The molecule has 32 heavy (non-hydrogen) atoms. The quantitative estimate of drug-likeness (QED) is 0.409. The molecular formula is C24H27N3O4S. The summed E-state index contributed by atoms with van der Waals surface area (Å²) in [7, 11) is -3.66. The van der Waals surface area contributed by atoms with Crippen LogP contribution in [0.4, 0.5) is 5.69 Å². The minimum Gasteiger partial charge on any atom is -0.484 e. The Morgan fingerprint density at radius 1 is 0.906 bits per heavy atom. The first-order valence-corrected chi connectivity index (χ1v) is 11.7. The fourth-order valence-corrected chi connectivity index (χ4v) is 3.51. The van der Waals surface area contributed by atoms with Gasteiger partial charge in [-0.2, -0.15) is 0 Å². The van der Waals surface area contributed by atoms with Crippen molar-refractivity contribution in [2.24, 2.45) is 5.14 Å². The van der Waals surface area contributed by atoms with E-state index in [4.69, 9.17) is 9.88 Å². The number of hydrogen-bond donors (Lipinski definition) is 3. The molecule has 168 valence electrons. The second-order valence-corrected chi connectivity index (χ2v) is 9.02. The molecule has 0 fully saturated rings. The van der Waals surface area contributed by atoms with Gasteiger partial charge in [0.05, 0.1) is 4.90 Å². The summed E-state index contributed by atoms with van der Waals surface area (Å²) in [4.78, 5) is 12.1. The lowest BCUT2D eigenvalue weighted by Crippen LogP contribution is -2.20. The van der Waals surface area contributed by atoms with E-state index in [9.17, 15) is 13.2 Å². The molecule has 0 aliphatic heterocycles. The molecule has 0 saturated heterocycles. The number of benzene rings is 3. The predicted molar refractivity (Wildman–Crippen MR) is 125 cm³/mol. The van der Waals surface area contributed by atoms with Gasteiger partial charge in [-0.25, -0.2) is 13.6 Å². The molecule has 4 N–H and O–H groups in total. The number of carbonyl (C=O) groups is 1. The van der Waals surface area contributed by atoms with Crippen molar-refractivity contribution in [3.63, 3.8) is 0 Å². The molecule has 0 aliphatic carbocycles. The van der Waals surface area contributed by atoms with Crippen LogP contribution in [0, 0.1) is 6.92 Å². The van der Waals surface area contributed by atoms with Crippen LogP contribution in [0.5, 0.6) is 5.75 Å². The second-order valence-electron chi connectivity index (χ2n) is 7.46. The molecule has 0 heterocycles. The first-order chi connectivity index (χ1) is 15.3. The maximum absolute atomic E-state index is 12.0. The summed E-state index contributed by atoms with van der Waals surface area (Å²) < 4.78 is 28.1. The summed E-state index contributed by atoms with van der Waals surface area (Å²) in [5.41, 5.74) is 3.99. The van der Waals surface area contributed by atoms with E-state index < -0.39 is 10.0 Å². The lowest BCUT2D eigenvalue weighted by atomic mass is 10.1. The molecule has 0 unspecified atom stereocenters. The van der Waals surface area contributed by atoms with Crippen molar-refractivity contribution in [3.05, 3.63) is 89.5 Å². The van der Waals surface area contributed by atoms with Gasteiger partial charge in [0.15, 0.2) is 6.61 Å². The van der Waals surface area contributed by atoms with Crippen molar-refractivity contribution in [2.45, 2.75) is 24.8 Å². The monoisotopic (exact) mass is 453 g/mol.